The summed E-state index contributed by atoms with van der Waals surface area (Å²) in [6.07, 6.45) is 8.94. The Kier molecular flexibility index (Phi) is 13.1. The van der Waals surface area contributed by atoms with Crippen LogP contribution in [-0.2, 0) is 15.0 Å². The first-order valence-corrected chi connectivity index (χ1v) is 7.74. The average molecular weight is 294 g/mol. The maximum atomic E-state index is 6.01. The molecule has 8 N–H and O–H groups in total. The van der Waals surface area contributed by atoms with Gasteiger partial charge in [-0.05, 0) is 0 Å². The second kappa shape index (κ2) is 12.8. The minimum atomic E-state index is 0.168. The Balaban J connectivity index is 3.35. The number of nitrogens with two attached hydrogens (primary N) is 4. The van der Waals surface area contributed by atoms with Crippen LogP contribution in [0, 0.1) is 0 Å². The molecule has 0 fully saturated rings. The molecular formula is C12H30CuN4. The predicted molar refractivity (Wildman–Crippen MR) is 71.0 cm³/mol. The van der Waals surface area contributed by atoms with Crippen LogP contribution < -0.4 is 22.9 Å². The van der Waals surface area contributed by atoms with Crippen molar-refractivity contribution < 1.29 is 15.0 Å². The van der Waals surface area contributed by atoms with Gasteiger partial charge in [-0.25, -0.2) is 0 Å². The SMILES string of the molecule is NCCCCC[CH](N)[Cu][CH](N)CCCCCN. The molecule has 2 atom stereocenters. The van der Waals surface area contributed by atoms with Crippen molar-refractivity contribution in [1.82, 2.24) is 0 Å². The third kappa shape index (κ3) is 12.6. The van der Waals surface area contributed by atoms with Crippen molar-refractivity contribution in [3.05, 3.63) is 0 Å². The van der Waals surface area contributed by atoms with E-state index in [-0.39, 0.29) is 9.88 Å². The molecule has 17 heavy (non-hydrogen) atoms. The van der Waals surface area contributed by atoms with Gasteiger partial charge >= 0.3 is 112 Å². The Morgan fingerprint density at radius 1 is 0.647 bits per heavy atom. The van der Waals surface area contributed by atoms with Crippen LogP contribution in [0.5, 0.6) is 0 Å². The van der Waals surface area contributed by atoms with Crippen LogP contribution >= 0.6 is 0 Å². The van der Waals surface area contributed by atoms with Gasteiger partial charge in [-0.3, -0.25) is 0 Å². The van der Waals surface area contributed by atoms with Crippen LogP contribution in [0.4, 0.5) is 0 Å². The fourth-order valence-corrected chi connectivity index (χ4v) is 2.77. The van der Waals surface area contributed by atoms with Crippen LogP contribution in [0.3, 0.4) is 0 Å². The zero-order valence-corrected chi connectivity index (χ0v) is 11.8. The molecule has 0 aromatic rings. The molecule has 0 radical (unpaired) electrons. The van der Waals surface area contributed by atoms with Gasteiger partial charge in [-0.2, -0.15) is 0 Å². The molecule has 0 bridgehead atoms. The first kappa shape index (κ1) is 17.4. The number of rotatable bonds is 12. The van der Waals surface area contributed by atoms with E-state index in [1.54, 1.807) is 15.0 Å². The molecule has 0 aliphatic carbocycles. The molecule has 0 amide bonds. The van der Waals surface area contributed by atoms with Crippen molar-refractivity contribution in [2.75, 3.05) is 13.1 Å². The fraction of sp³-hybridized carbons (Fsp3) is 1.00. The summed E-state index contributed by atoms with van der Waals surface area (Å²) in [4.78, 5) is 0.335. The van der Waals surface area contributed by atoms with Gasteiger partial charge in [0, 0.05) is 0 Å². The van der Waals surface area contributed by atoms with E-state index in [1.165, 1.54) is 12.8 Å². The average Bonchev–Trinajstić information content (AvgIpc) is 2.30. The Morgan fingerprint density at radius 3 is 1.41 bits per heavy atom. The number of hydrogen-bond donors (Lipinski definition) is 4. The summed E-state index contributed by atoms with van der Waals surface area (Å²) in [5, 5.41) is 0. The van der Waals surface area contributed by atoms with E-state index >= 15 is 0 Å². The molecule has 0 spiro atoms. The molecule has 0 saturated heterocycles. The Labute approximate surface area is 112 Å². The molecule has 0 aliphatic heterocycles. The number of unbranched alkanes of at least 4 members (excludes halogenated alkanes) is 4. The second-order valence-electron chi connectivity index (χ2n) is 4.30. The monoisotopic (exact) mass is 293 g/mol. The van der Waals surface area contributed by atoms with Crippen LogP contribution in [0.15, 0.2) is 0 Å². The summed E-state index contributed by atoms with van der Waals surface area (Å²) in [6.45, 7) is 1.56. The summed E-state index contributed by atoms with van der Waals surface area (Å²) < 4.78 is 0. The van der Waals surface area contributed by atoms with E-state index < -0.39 is 0 Å². The first-order valence-electron chi connectivity index (χ1n) is 6.65. The Hall–Kier alpha value is 0.359. The molecule has 0 aromatic carbocycles. The molecule has 0 saturated carbocycles. The third-order valence-electron chi connectivity index (χ3n) is 2.58. The molecule has 0 aromatic heterocycles. The molecule has 0 rings (SSSR count). The molecule has 109 valence electrons. The molecule has 0 aliphatic rings. The van der Waals surface area contributed by atoms with E-state index in [2.05, 4.69) is 0 Å². The van der Waals surface area contributed by atoms with Crippen LogP contribution in [0.1, 0.15) is 51.4 Å². The van der Waals surface area contributed by atoms with Gasteiger partial charge in [-0.15, -0.1) is 0 Å². The van der Waals surface area contributed by atoms with Crippen molar-refractivity contribution in [3.8, 4) is 0 Å². The summed E-state index contributed by atoms with van der Waals surface area (Å²) in [7, 11) is 0. The zero-order valence-electron chi connectivity index (χ0n) is 10.8. The molecule has 4 nitrogen and oxygen atoms in total. The van der Waals surface area contributed by atoms with Crippen LogP contribution in [0.25, 0.3) is 0 Å². The van der Waals surface area contributed by atoms with Crippen molar-refractivity contribution in [2.24, 2.45) is 22.9 Å². The van der Waals surface area contributed by atoms with Crippen molar-refractivity contribution in [3.63, 3.8) is 0 Å². The third-order valence-corrected chi connectivity index (χ3v) is 3.93. The van der Waals surface area contributed by atoms with Gasteiger partial charge in [-0.1, -0.05) is 0 Å². The molecule has 5 heteroatoms. The van der Waals surface area contributed by atoms with Crippen LogP contribution in [-0.4, -0.2) is 23.0 Å². The normalized spacial score (nSPS) is 15.1. The standard InChI is InChI=1S/2C6H15N2.Cu/c2*7-5-3-1-2-4-6-8;/h2*5H,1-4,6-8H2;. The van der Waals surface area contributed by atoms with Crippen LogP contribution in [0.2, 0.25) is 0 Å². The topological polar surface area (TPSA) is 104 Å². The molecular weight excluding hydrogens is 264 g/mol. The Bertz CT molecular complexity index is 141. The maximum absolute atomic E-state index is 6.01. The van der Waals surface area contributed by atoms with Gasteiger partial charge < -0.3 is 0 Å². The molecule has 0 heterocycles. The minimum absolute atomic E-state index is 0.168. The van der Waals surface area contributed by atoms with Crippen molar-refractivity contribution >= 4 is 0 Å². The van der Waals surface area contributed by atoms with Gasteiger partial charge in [0.1, 0.15) is 0 Å². The molecule has 2 unspecified atom stereocenters. The van der Waals surface area contributed by atoms with Gasteiger partial charge in [0.2, 0.25) is 0 Å². The summed E-state index contributed by atoms with van der Waals surface area (Å²) in [6, 6.07) is 0. The quantitative estimate of drug-likeness (QED) is 0.314. The van der Waals surface area contributed by atoms with Gasteiger partial charge in [0.05, 0.1) is 0 Å². The first-order chi connectivity index (χ1) is 8.20. The van der Waals surface area contributed by atoms with Gasteiger partial charge in [0.15, 0.2) is 0 Å². The number of hydrogen-bond acceptors (Lipinski definition) is 4. The summed E-state index contributed by atoms with van der Waals surface area (Å²) in [5.74, 6) is 0. The van der Waals surface area contributed by atoms with E-state index in [0.29, 0.717) is 0 Å². The van der Waals surface area contributed by atoms with E-state index in [1.807, 2.05) is 0 Å². The van der Waals surface area contributed by atoms with Gasteiger partial charge in [0.25, 0.3) is 0 Å². The Morgan fingerprint density at radius 2 is 1.06 bits per heavy atom. The fourth-order valence-electron chi connectivity index (χ4n) is 1.56. The van der Waals surface area contributed by atoms with Crippen molar-refractivity contribution in [2.45, 2.75) is 61.2 Å². The summed E-state index contributed by atoms with van der Waals surface area (Å²) in [5.41, 5.74) is 22.9. The van der Waals surface area contributed by atoms with E-state index in [0.717, 1.165) is 51.6 Å². The predicted octanol–water partition coefficient (Wildman–Crippen LogP) is 0.677. The second-order valence-corrected chi connectivity index (χ2v) is 6.01. The summed E-state index contributed by atoms with van der Waals surface area (Å²) >= 11 is 1.80. The van der Waals surface area contributed by atoms with E-state index in [4.69, 9.17) is 22.9 Å². The van der Waals surface area contributed by atoms with Crippen molar-refractivity contribution in [1.29, 1.82) is 0 Å². The van der Waals surface area contributed by atoms with E-state index in [9.17, 15) is 0 Å². The zero-order chi connectivity index (χ0) is 12.9.